The summed E-state index contributed by atoms with van der Waals surface area (Å²) in [5.74, 6) is 1.46. The Bertz CT molecular complexity index is 372. The molecule has 1 aromatic heterocycles. The van der Waals surface area contributed by atoms with Gasteiger partial charge < -0.3 is 0 Å². The van der Waals surface area contributed by atoms with Crippen LogP contribution in [-0.2, 0) is 0 Å². The molecule has 88 valence electrons. The summed E-state index contributed by atoms with van der Waals surface area (Å²) in [7, 11) is 0. The Morgan fingerprint density at radius 1 is 1.56 bits per heavy atom. The molecule has 0 saturated heterocycles. The molecule has 2 unspecified atom stereocenters. The van der Waals surface area contributed by atoms with Crippen LogP contribution in [0.2, 0.25) is 0 Å². The van der Waals surface area contributed by atoms with Crippen LogP contribution in [0, 0.1) is 14.7 Å². The maximum atomic E-state index is 12.3. The zero-order chi connectivity index (χ0) is 11.5. The Balaban J connectivity index is 2.04. The Kier molecular flexibility index (Phi) is 4.41. The first-order valence-electron chi connectivity index (χ1n) is 5.99. The molecule has 0 radical (unpaired) electrons. The summed E-state index contributed by atoms with van der Waals surface area (Å²) in [5, 5.41) is 2.01. The molecule has 1 nitrogen and oxygen atoms in total. The van der Waals surface area contributed by atoms with Gasteiger partial charge in [-0.25, -0.2) is 0 Å². The molecule has 0 aliphatic heterocycles. The van der Waals surface area contributed by atoms with E-state index < -0.39 is 0 Å². The lowest BCUT2D eigenvalue weighted by molar-refractivity contribution is 0.0862. The average molecular weight is 348 g/mol. The highest BCUT2D eigenvalue weighted by atomic mass is 127. The lowest BCUT2D eigenvalue weighted by Gasteiger charge is -2.27. The van der Waals surface area contributed by atoms with Crippen molar-refractivity contribution < 1.29 is 4.79 Å². The molecule has 1 heterocycles. The predicted octanol–water partition coefficient (Wildman–Crippen LogP) is 4.75. The second-order valence-corrected chi connectivity index (χ2v) is 7.45. The van der Waals surface area contributed by atoms with Gasteiger partial charge >= 0.3 is 0 Å². The van der Waals surface area contributed by atoms with E-state index in [0.717, 1.165) is 24.3 Å². The van der Waals surface area contributed by atoms with Crippen molar-refractivity contribution in [1.82, 2.24) is 0 Å². The van der Waals surface area contributed by atoms with E-state index in [0.29, 0.717) is 11.7 Å². The zero-order valence-electron chi connectivity index (χ0n) is 9.54. The summed E-state index contributed by atoms with van der Waals surface area (Å²) < 4.78 is 1.21. The number of carbonyl (C=O) groups excluding carboxylic acids is 1. The number of rotatable bonds is 3. The van der Waals surface area contributed by atoms with Gasteiger partial charge in [0.2, 0.25) is 0 Å². The lowest BCUT2D eigenvalue weighted by Crippen LogP contribution is -2.22. The van der Waals surface area contributed by atoms with Crippen LogP contribution in [-0.4, -0.2) is 5.78 Å². The summed E-state index contributed by atoms with van der Waals surface area (Å²) in [4.78, 5) is 12.3. The second kappa shape index (κ2) is 5.63. The van der Waals surface area contributed by atoms with E-state index in [1.54, 1.807) is 11.3 Å². The van der Waals surface area contributed by atoms with Crippen molar-refractivity contribution in [2.75, 3.05) is 0 Å². The highest BCUT2D eigenvalue weighted by molar-refractivity contribution is 14.1. The third-order valence-corrected chi connectivity index (χ3v) is 5.37. The maximum Gasteiger partial charge on any atom is 0.166 e. The fourth-order valence-electron chi connectivity index (χ4n) is 2.57. The van der Waals surface area contributed by atoms with Gasteiger partial charge in [-0.15, -0.1) is 11.3 Å². The fourth-order valence-corrected chi connectivity index (χ4v) is 3.91. The van der Waals surface area contributed by atoms with Crippen LogP contribution in [0.25, 0.3) is 0 Å². The van der Waals surface area contributed by atoms with E-state index in [-0.39, 0.29) is 0 Å². The summed E-state index contributed by atoms with van der Waals surface area (Å²) in [6.45, 7) is 2.24. The van der Waals surface area contributed by atoms with Crippen molar-refractivity contribution >= 4 is 39.7 Å². The van der Waals surface area contributed by atoms with Gasteiger partial charge in [-0.3, -0.25) is 4.79 Å². The summed E-state index contributed by atoms with van der Waals surface area (Å²) >= 11 is 3.95. The third-order valence-electron chi connectivity index (χ3n) is 3.58. The van der Waals surface area contributed by atoms with E-state index in [9.17, 15) is 4.79 Å². The van der Waals surface area contributed by atoms with Gasteiger partial charge in [0.05, 0.1) is 2.88 Å². The molecule has 16 heavy (non-hydrogen) atoms. The second-order valence-electron chi connectivity index (χ2n) is 4.64. The molecule has 0 N–H and O–H groups in total. The van der Waals surface area contributed by atoms with Crippen molar-refractivity contribution in [1.29, 1.82) is 0 Å². The smallest absolute Gasteiger partial charge is 0.166 e. The van der Waals surface area contributed by atoms with Crippen molar-refractivity contribution in [2.45, 2.75) is 39.0 Å². The molecule has 2 atom stereocenters. The Hall–Kier alpha value is 0.1000. The number of Topliss-reactive ketones (excluding diaryl/α,β-unsaturated/α-hetero) is 1. The van der Waals surface area contributed by atoms with Gasteiger partial charge in [-0.05, 0) is 47.4 Å². The van der Waals surface area contributed by atoms with Crippen molar-refractivity contribution in [2.24, 2.45) is 11.8 Å². The third kappa shape index (κ3) is 2.86. The Morgan fingerprint density at radius 2 is 2.38 bits per heavy atom. The molecular weight excluding hydrogens is 331 g/mol. The van der Waals surface area contributed by atoms with Gasteiger partial charge in [0.15, 0.2) is 5.78 Å². The van der Waals surface area contributed by atoms with Crippen molar-refractivity contribution in [3.8, 4) is 0 Å². The maximum absolute atomic E-state index is 12.3. The number of carbonyl (C=O) groups is 1. The van der Waals surface area contributed by atoms with E-state index in [2.05, 4.69) is 29.5 Å². The molecule has 0 bridgehead atoms. The fraction of sp³-hybridized carbons (Fsp3) is 0.615. The normalized spacial score (nSPS) is 25.6. The van der Waals surface area contributed by atoms with Crippen molar-refractivity contribution in [3.63, 3.8) is 0 Å². The highest BCUT2D eigenvalue weighted by Crippen LogP contribution is 2.33. The van der Waals surface area contributed by atoms with E-state index in [4.69, 9.17) is 0 Å². The quantitative estimate of drug-likeness (QED) is 0.569. The van der Waals surface area contributed by atoms with Gasteiger partial charge in [0.25, 0.3) is 0 Å². The molecule has 1 aromatic rings. The van der Waals surface area contributed by atoms with Crippen LogP contribution >= 0.6 is 33.9 Å². The molecule has 1 fully saturated rings. The lowest BCUT2D eigenvalue weighted by atomic mass is 9.77. The van der Waals surface area contributed by atoms with Crippen LogP contribution in [0.4, 0.5) is 0 Å². The van der Waals surface area contributed by atoms with Crippen molar-refractivity contribution in [3.05, 3.63) is 19.9 Å². The molecular formula is C13H17IOS. The highest BCUT2D eigenvalue weighted by Gasteiger charge is 2.27. The van der Waals surface area contributed by atoms with Gasteiger partial charge in [-0.1, -0.05) is 26.2 Å². The molecule has 1 aliphatic carbocycles. The Morgan fingerprint density at radius 3 is 3.00 bits per heavy atom. The van der Waals surface area contributed by atoms with Crippen LogP contribution in [0.1, 0.15) is 49.4 Å². The van der Waals surface area contributed by atoms with Crippen LogP contribution in [0.5, 0.6) is 0 Å². The zero-order valence-corrected chi connectivity index (χ0v) is 12.5. The van der Waals surface area contributed by atoms with Gasteiger partial charge in [0.1, 0.15) is 0 Å². The minimum Gasteiger partial charge on any atom is -0.294 e. The first-order valence-corrected chi connectivity index (χ1v) is 7.94. The number of thiophene rings is 1. The van der Waals surface area contributed by atoms with E-state index in [1.807, 2.05) is 11.4 Å². The van der Waals surface area contributed by atoms with Crippen LogP contribution < -0.4 is 0 Å². The number of hydrogen-bond donors (Lipinski definition) is 0. The first-order chi connectivity index (χ1) is 7.70. The van der Waals surface area contributed by atoms with E-state index >= 15 is 0 Å². The van der Waals surface area contributed by atoms with Crippen LogP contribution in [0.15, 0.2) is 11.4 Å². The number of hydrogen-bond acceptors (Lipinski definition) is 2. The number of halogens is 1. The minimum absolute atomic E-state index is 0.295. The molecule has 0 spiro atoms. The number of ketones is 1. The van der Waals surface area contributed by atoms with Gasteiger partial charge in [-0.2, -0.15) is 0 Å². The summed E-state index contributed by atoms with van der Waals surface area (Å²) in [5.41, 5.74) is 0.941. The minimum atomic E-state index is 0.295. The molecule has 1 saturated carbocycles. The SMILES string of the molecule is CCC1CCCC(C(=O)c2csc(I)c2)C1. The molecule has 2 rings (SSSR count). The first kappa shape index (κ1) is 12.6. The monoisotopic (exact) mass is 348 g/mol. The van der Waals surface area contributed by atoms with E-state index in [1.165, 1.54) is 22.1 Å². The molecule has 1 aliphatic rings. The average Bonchev–Trinajstić information content (AvgIpc) is 2.75. The molecule has 0 aromatic carbocycles. The van der Waals surface area contributed by atoms with Gasteiger partial charge in [0, 0.05) is 16.9 Å². The summed E-state index contributed by atoms with van der Waals surface area (Å²) in [6, 6.07) is 2.03. The summed E-state index contributed by atoms with van der Waals surface area (Å²) in [6.07, 6.45) is 5.99. The molecule has 0 amide bonds. The largest absolute Gasteiger partial charge is 0.294 e. The standard InChI is InChI=1S/C13H17IOS/c1-2-9-4-3-5-10(6-9)13(15)11-7-12(14)16-8-11/h7-10H,2-6H2,1H3. The predicted molar refractivity (Wildman–Crippen MR) is 77.1 cm³/mol. The molecule has 3 heteroatoms. The Labute approximate surface area is 115 Å². The van der Waals surface area contributed by atoms with Crippen LogP contribution in [0.3, 0.4) is 0 Å². The topological polar surface area (TPSA) is 17.1 Å².